The molecule has 2 N–H and O–H groups in total. The van der Waals surface area contributed by atoms with Crippen LogP contribution in [0.4, 0.5) is 0 Å². The number of aromatic nitrogens is 1. The van der Waals surface area contributed by atoms with Gasteiger partial charge in [0.15, 0.2) is 0 Å². The number of nitrogens with two attached hydrogens (primary N) is 1. The van der Waals surface area contributed by atoms with Crippen molar-refractivity contribution in [1.29, 1.82) is 0 Å². The summed E-state index contributed by atoms with van der Waals surface area (Å²) >= 11 is 5.88. The van der Waals surface area contributed by atoms with E-state index >= 15 is 0 Å². The molecule has 25 heavy (non-hydrogen) atoms. The maximum absolute atomic E-state index is 12.4. The molecule has 1 amide bonds. The Labute approximate surface area is 158 Å². The molecule has 1 fully saturated rings. The molecule has 0 aliphatic carbocycles. The van der Waals surface area contributed by atoms with Crippen LogP contribution in [0.2, 0.25) is 5.02 Å². The van der Waals surface area contributed by atoms with Crippen molar-refractivity contribution in [2.24, 2.45) is 11.7 Å². The number of halogens is 2. The lowest BCUT2D eigenvalue weighted by Gasteiger charge is -2.33. The number of rotatable bonds is 4. The second-order valence-corrected chi connectivity index (χ2v) is 6.84. The van der Waals surface area contributed by atoms with Gasteiger partial charge in [0.05, 0.1) is 12.1 Å². The quantitative estimate of drug-likeness (QED) is 0.875. The first-order chi connectivity index (χ1) is 11.5. The lowest BCUT2D eigenvalue weighted by Crippen LogP contribution is -2.43. The van der Waals surface area contributed by atoms with E-state index in [-0.39, 0.29) is 30.8 Å². The predicted molar refractivity (Wildman–Crippen MR) is 101 cm³/mol. The molecule has 1 atom stereocenters. The van der Waals surface area contributed by atoms with Gasteiger partial charge >= 0.3 is 0 Å². The van der Waals surface area contributed by atoms with Gasteiger partial charge in [-0.1, -0.05) is 11.6 Å². The smallest absolute Gasteiger partial charge is 0.228 e. The van der Waals surface area contributed by atoms with Gasteiger partial charge in [0.2, 0.25) is 11.8 Å². The zero-order valence-corrected chi connectivity index (χ0v) is 15.7. The summed E-state index contributed by atoms with van der Waals surface area (Å²) in [6, 6.07) is 7.46. The molecule has 1 aliphatic heterocycles. The Balaban J connectivity index is 0.00000225. The Bertz CT molecular complexity index is 693. The number of carbonyl (C=O) groups is 1. The number of amides is 1. The minimum absolute atomic E-state index is 0. The van der Waals surface area contributed by atoms with Crippen molar-refractivity contribution in [3.8, 4) is 11.5 Å². The van der Waals surface area contributed by atoms with Crippen LogP contribution in [-0.2, 0) is 11.2 Å². The number of hydrogen-bond acceptors (Lipinski definition) is 4. The molecule has 0 saturated carbocycles. The second kappa shape index (κ2) is 8.70. The van der Waals surface area contributed by atoms with E-state index < -0.39 is 0 Å². The van der Waals surface area contributed by atoms with Crippen molar-refractivity contribution in [1.82, 2.24) is 9.88 Å². The average Bonchev–Trinajstić information content (AvgIpc) is 3.04. The number of nitrogens with zero attached hydrogens (tertiary/aromatic N) is 2. The molecule has 5 nitrogen and oxygen atoms in total. The lowest BCUT2D eigenvalue weighted by atomic mass is 9.91. The maximum atomic E-state index is 12.4. The highest BCUT2D eigenvalue weighted by Crippen LogP contribution is 2.22. The molecule has 2 heterocycles. The van der Waals surface area contributed by atoms with Crippen molar-refractivity contribution >= 4 is 29.9 Å². The summed E-state index contributed by atoms with van der Waals surface area (Å²) in [6.07, 6.45) is 3.76. The van der Waals surface area contributed by atoms with Crippen LogP contribution in [-0.4, -0.2) is 34.9 Å². The van der Waals surface area contributed by atoms with Crippen LogP contribution >= 0.6 is 24.0 Å². The van der Waals surface area contributed by atoms with Gasteiger partial charge in [-0.25, -0.2) is 4.98 Å². The summed E-state index contributed by atoms with van der Waals surface area (Å²) in [5.41, 5.74) is 7.44. The molecule has 1 aromatic carbocycles. The standard InChI is InChI=1S/C18H22ClN3O2.ClH/c1-12(20)13-6-8-22(9-7-13)17(23)10-16-11-24-18(21-16)14-2-4-15(19)5-3-14;/h2-5,11-13H,6-10,20H2,1H3;1H. The van der Waals surface area contributed by atoms with Crippen LogP contribution in [0.15, 0.2) is 34.9 Å². The SMILES string of the molecule is CC(N)C1CCN(C(=O)Cc2coc(-c3ccc(Cl)cc3)n2)CC1.Cl. The third-order valence-electron chi connectivity index (χ3n) is 4.61. The second-order valence-electron chi connectivity index (χ2n) is 6.40. The highest BCUT2D eigenvalue weighted by Gasteiger charge is 2.25. The number of oxazole rings is 1. The van der Waals surface area contributed by atoms with E-state index in [1.807, 2.05) is 24.0 Å². The summed E-state index contributed by atoms with van der Waals surface area (Å²) < 4.78 is 5.49. The molecule has 0 spiro atoms. The van der Waals surface area contributed by atoms with Gasteiger partial charge in [0, 0.05) is 29.7 Å². The molecule has 136 valence electrons. The summed E-state index contributed by atoms with van der Waals surface area (Å²) in [5, 5.41) is 0.663. The summed E-state index contributed by atoms with van der Waals surface area (Å²) in [7, 11) is 0. The summed E-state index contributed by atoms with van der Waals surface area (Å²) in [4.78, 5) is 18.7. The first-order valence-corrected chi connectivity index (χ1v) is 8.64. The normalized spacial score (nSPS) is 16.4. The Morgan fingerprint density at radius 3 is 2.60 bits per heavy atom. The third-order valence-corrected chi connectivity index (χ3v) is 4.86. The van der Waals surface area contributed by atoms with Crippen molar-refractivity contribution in [2.45, 2.75) is 32.2 Å². The van der Waals surface area contributed by atoms with Crippen molar-refractivity contribution in [2.75, 3.05) is 13.1 Å². The molecule has 0 radical (unpaired) electrons. The summed E-state index contributed by atoms with van der Waals surface area (Å²) in [5.74, 6) is 1.11. The first-order valence-electron chi connectivity index (χ1n) is 8.26. The number of hydrogen-bond donors (Lipinski definition) is 1. The van der Waals surface area contributed by atoms with Crippen LogP contribution in [0.25, 0.3) is 11.5 Å². The molecular weight excluding hydrogens is 361 g/mol. The Morgan fingerprint density at radius 2 is 2.00 bits per heavy atom. The monoisotopic (exact) mass is 383 g/mol. The number of carbonyl (C=O) groups excluding carboxylic acids is 1. The molecule has 1 saturated heterocycles. The van der Waals surface area contributed by atoms with Gasteiger partial charge < -0.3 is 15.1 Å². The molecule has 1 aromatic heterocycles. The van der Waals surface area contributed by atoms with Crippen molar-refractivity contribution < 1.29 is 9.21 Å². The van der Waals surface area contributed by atoms with Gasteiger partial charge in [-0.2, -0.15) is 0 Å². The van der Waals surface area contributed by atoms with E-state index in [2.05, 4.69) is 4.98 Å². The topological polar surface area (TPSA) is 72.4 Å². The van der Waals surface area contributed by atoms with E-state index in [1.54, 1.807) is 18.4 Å². The molecule has 0 bridgehead atoms. The van der Waals surface area contributed by atoms with Gasteiger partial charge in [0.1, 0.15) is 6.26 Å². The average molecular weight is 384 g/mol. The van der Waals surface area contributed by atoms with Crippen LogP contribution in [0, 0.1) is 5.92 Å². The van der Waals surface area contributed by atoms with E-state index in [0.29, 0.717) is 22.5 Å². The molecule has 1 aliphatic rings. The zero-order chi connectivity index (χ0) is 17.1. The van der Waals surface area contributed by atoms with E-state index in [0.717, 1.165) is 31.5 Å². The van der Waals surface area contributed by atoms with E-state index in [9.17, 15) is 4.79 Å². The zero-order valence-electron chi connectivity index (χ0n) is 14.2. The first kappa shape index (κ1) is 19.8. The minimum atomic E-state index is 0. The fourth-order valence-electron chi connectivity index (χ4n) is 3.05. The molecule has 2 aromatic rings. The van der Waals surface area contributed by atoms with Gasteiger partial charge in [-0.3, -0.25) is 4.79 Å². The van der Waals surface area contributed by atoms with Gasteiger partial charge in [-0.15, -0.1) is 12.4 Å². The number of benzene rings is 1. The van der Waals surface area contributed by atoms with Crippen LogP contribution < -0.4 is 5.73 Å². The van der Waals surface area contributed by atoms with E-state index in [4.69, 9.17) is 21.8 Å². The predicted octanol–water partition coefficient (Wildman–Crippen LogP) is 3.55. The van der Waals surface area contributed by atoms with Crippen LogP contribution in [0.5, 0.6) is 0 Å². The minimum Gasteiger partial charge on any atom is -0.444 e. The highest BCUT2D eigenvalue weighted by molar-refractivity contribution is 6.30. The largest absolute Gasteiger partial charge is 0.444 e. The fourth-order valence-corrected chi connectivity index (χ4v) is 3.18. The van der Waals surface area contributed by atoms with Crippen LogP contribution in [0.3, 0.4) is 0 Å². The third kappa shape index (κ3) is 4.97. The molecule has 1 unspecified atom stereocenters. The Kier molecular flexibility index (Phi) is 6.87. The number of piperidine rings is 1. The van der Waals surface area contributed by atoms with Crippen molar-refractivity contribution in [3.05, 3.63) is 41.2 Å². The Morgan fingerprint density at radius 1 is 1.36 bits per heavy atom. The molecule has 7 heteroatoms. The Hall–Kier alpha value is -1.56. The summed E-state index contributed by atoms with van der Waals surface area (Å²) in [6.45, 7) is 3.58. The molecule has 3 rings (SSSR count). The van der Waals surface area contributed by atoms with E-state index in [1.165, 1.54) is 0 Å². The lowest BCUT2D eigenvalue weighted by molar-refractivity contribution is -0.132. The maximum Gasteiger partial charge on any atom is 0.228 e. The number of likely N-dealkylation sites (tertiary alicyclic amines) is 1. The van der Waals surface area contributed by atoms with Gasteiger partial charge in [0.25, 0.3) is 0 Å². The van der Waals surface area contributed by atoms with Crippen LogP contribution in [0.1, 0.15) is 25.5 Å². The highest BCUT2D eigenvalue weighted by atomic mass is 35.5. The van der Waals surface area contributed by atoms with Crippen molar-refractivity contribution in [3.63, 3.8) is 0 Å². The van der Waals surface area contributed by atoms with Gasteiger partial charge in [-0.05, 0) is 49.9 Å². The molecular formula is C18H23Cl2N3O2. The fraction of sp³-hybridized carbons (Fsp3) is 0.444.